The highest BCUT2D eigenvalue weighted by molar-refractivity contribution is 6.35. The summed E-state index contributed by atoms with van der Waals surface area (Å²) in [5.41, 5.74) is 2.80. The molecule has 6 heteroatoms. The van der Waals surface area contributed by atoms with E-state index in [0.29, 0.717) is 11.3 Å². The number of carbonyl (C=O) groups is 1. The molecule has 2 aromatic rings. The molecule has 0 saturated heterocycles. The van der Waals surface area contributed by atoms with Crippen LogP contribution in [0.5, 0.6) is 5.75 Å². The summed E-state index contributed by atoms with van der Waals surface area (Å²) in [5, 5.41) is 11.1. The molecule has 23 heavy (non-hydrogen) atoms. The number of hydrogen-bond acceptors (Lipinski definition) is 4. The van der Waals surface area contributed by atoms with Crippen molar-refractivity contribution in [3.8, 4) is 5.75 Å². The van der Waals surface area contributed by atoms with Crippen LogP contribution in [-0.2, 0) is 0 Å². The van der Waals surface area contributed by atoms with Gasteiger partial charge in [0.1, 0.15) is 5.75 Å². The van der Waals surface area contributed by atoms with Gasteiger partial charge in [0, 0.05) is 23.3 Å². The van der Waals surface area contributed by atoms with Crippen molar-refractivity contribution in [1.29, 1.82) is 0 Å². The van der Waals surface area contributed by atoms with Crippen LogP contribution in [0.25, 0.3) is 0 Å². The molecule has 0 saturated carbocycles. The number of aryl methyl sites for hydroxylation is 1. The molecule has 0 heterocycles. The Kier molecular flexibility index (Phi) is 4.71. The van der Waals surface area contributed by atoms with Gasteiger partial charge in [0.25, 0.3) is 5.69 Å². The van der Waals surface area contributed by atoms with E-state index in [0.717, 1.165) is 16.7 Å². The van der Waals surface area contributed by atoms with Crippen LogP contribution in [0.15, 0.2) is 24.3 Å². The van der Waals surface area contributed by atoms with Crippen molar-refractivity contribution >= 4 is 23.1 Å². The third kappa shape index (κ3) is 3.05. The molecule has 0 N–H and O–H groups in total. The third-order valence-electron chi connectivity index (χ3n) is 3.90. The van der Waals surface area contributed by atoms with E-state index in [9.17, 15) is 14.9 Å². The van der Waals surface area contributed by atoms with Gasteiger partial charge in [-0.3, -0.25) is 14.9 Å². The van der Waals surface area contributed by atoms with Crippen LogP contribution in [-0.4, -0.2) is 17.8 Å². The molecule has 0 fully saturated rings. The molecule has 120 valence electrons. The monoisotopic (exact) mass is 333 g/mol. The quantitative estimate of drug-likeness (QED) is 0.472. The molecule has 5 nitrogen and oxygen atoms in total. The summed E-state index contributed by atoms with van der Waals surface area (Å²) in [6.07, 6.45) is 0. The first-order valence-electron chi connectivity index (χ1n) is 6.91. The van der Waals surface area contributed by atoms with Crippen molar-refractivity contribution < 1.29 is 14.5 Å². The Morgan fingerprint density at radius 3 is 2.39 bits per heavy atom. The van der Waals surface area contributed by atoms with Crippen LogP contribution >= 0.6 is 11.6 Å². The Labute approximate surface area is 139 Å². The maximum absolute atomic E-state index is 12.9. The Bertz CT molecular complexity index is 815. The van der Waals surface area contributed by atoms with Gasteiger partial charge in [0.15, 0.2) is 5.78 Å². The van der Waals surface area contributed by atoms with Gasteiger partial charge in [-0.25, -0.2) is 0 Å². The van der Waals surface area contributed by atoms with Crippen molar-refractivity contribution in [3.63, 3.8) is 0 Å². The summed E-state index contributed by atoms with van der Waals surface area (Å²) < 4.78 is 5.29. The topological polar surface area (TPSA) is 69.4 Å². The molecular formula is C17H16ClNO4. The van der Waals surface area contributed by atoms with Crippen molar-refractivity contribution in [3.05, 3.63) is 67.2 Å². The zero-order chi connectivity index (χ0) is 17.3. The minimum absolute atomic E-state index is 0.122. The summed E-state index contributed by atoms with van der Waals surface area (Å²) in [6.45, 7) is 5.48. The van der Waals surface area contributed by atoms with Crippen LogP contribution in [0.2, 0.25) is 5.02 Å². The number of ether oxygens (including phenoxy) is 1. The first-order valence-corrected chi connectivity index (χ1v) is 7.29. The van der Waals surface area contributed by atoms with E-state index < -0.39 is 4.92 Å². The number of hydrogen-bond donors (Lipinski definition) is 0. The van der Waals surface area contributed by atoms with Gasteiger partial charge < -0.3 is 4.74 Å². The molecule has 0 aliphatic rings. The molecule has 0 radical (unpaired) electrons. The number of halogens is 1. The van der Waals surface area contributed by atoms with Gasteiger partial charge in [-0.05, 0) is 49.6 Å². The van der Waals surface area contributed by atoms with Crippen LogP contribution in [0.3, 0.4) is 0 Å². The average Bonchev–Trinajstić information content (AvgIpc) is 2.50. The van der Waals surface area contributed by atoms with E-state index >= 15 is 0 Å². The van der Waals surface area contributed by atoms with Crippen LogP contribution < -0.4 is 4.74 Å². The van der Waals surface area contributed by atoms with Gasteiger partial charge in [-0.15, -0.1) is 0 Å². The van der Waals surface area contributed by atoms with Crippen LogP contribution in [0.4, 0.5) is 5.69 Å². The fourth-order valence-electron chi connectivity index (χ4n) is 2.54. The van der Waals surface area contributed by atoms with Crippen molar-refractivity contribution in [1.82, 2.24) is 0 Å². The molecule has 0 aromatic heterocycles. The van der Waals surface area contributed by atoms with Gasteiger partial charge in [0.05, 0.1) is 17.1 Å². The lowest BCUT2D eigenvalue weighted by atomic mass is 9.91. The SMILES string of the molecule is COc1cc(C)c(C(=O)c2cc([N+](=O)[O-])ccc2Cl)c(C)c1C. The largest absolute Gasteiger partial charge is 0.496 e. The first-order chi connectivity index (χ1) is 10.8. The number of carbonyl (C=O) groups excluding carboxylic acids is 1. The van der Waals surface area contributed by atoms with Crippen LogP contribution in [0, 0.1) is 30.9 Å². The predicted molar refractivity (Wildman–Crippen MR) is 88.7 cm³/mol. The summed E-state index contributed by atoms with van der Waals surface area (Å²) in [6, 6.07) is 5.63. The number of non-ortho nitro benzene ring substituents is 1. The highest BCUT2D eigenvalue weighted by Crippen LogP contribution is 2.31. The molecular weight excluding hydrogens is 318 g/mol. The van der Waals surface area contributed by atoms with E-state index in [1.807, 2.05) is 13.8 Å². The predicted octanol–water partition coefficient (Wildman–Crippen LogP) is 4.41. The van der Waals surface area contributed by atoms with Gasteiger partial charge in [-0.1, -0.05) is 11.6 Å². The molecule has 0 unspecified atom stereocenters. The maximum Gasteiger partial charge on any atom is 0.270 e. The van der Waals surface area contributed by atoms with Crippen molar-refractivity contribution in [2.24, 2.45) is 0 Å². The van der Waals surface area contributed by atoms with E-state index in [-0.39, 0.29) is 22.1 Å². The Morgan fingerprint density at radius 2 is 1.83 bits per heavy atom. The normalized spacial score (nSPS) is 10.5. The molecule has 0 bridgehead atoms. The fourth-order valence-corrected chi connectivity index (χ4v) is 2.75. The second-order valence-corrected chi connectivity index (χ2v) is 5.68. The number of nitrogens with zero attached hydrogens (tertiary/aromatic N) is 1. The zero-order valence-electron chi connectivity index (χ0n) is 13.3. The Morgan fingerprint density at radius 1 is 1.17 bits per heavy atom. The van der Waals surface area contributed by atoms with Gasteiger partial charge >= 0.3 is 0 Å². The second-order valence-electron chi connectivity index (χ2n) is 5.27. The highest BCUT2D eigenvalue weighted by atomic mass is 35.5. The lowest BCUT2D eigenvalue weighted by molar-refractivity contribution is -0.384. The van der Waals surface area contributed by atoms with Crippen LogP contribution in [0.1, 0.15) is 32.6 Å². The molecule has 2 rings (SSSR count). The summed E-state index contributed by atoms with van der Waals surface area (Å²) in [5.74, 6) is 0.362. The summed E-state index contributed by atoms with van der Waals surface area (Å²) in [4.78, 5) is 23.3. The van der Waals surface area contributed by atoms with Crippen molar-refractivity contribution in [2.45, 2.75) is 20.8 Å². The minimum Gasteiger partial charge on any atom is -0.496 e. The number of benzene rings is 2. The standard InChI is InChI=1S/C17H16ClNO4/c1-9-7-15(23-4)10(2)11(3)16(9)17(20)13-8-12(19(21)22)5-6-14(13)18/h5-8H,1-4H3. The van der Waals surface area contributed by atoms with E-state index in [4.69, 9.17) is 16.3 Å². The molecule has 0 atom stereocenters. The molecule has 2 aromatic carbocycles. The number of nitro benzene ring substituents is 1. The van der Waals surface area contributed by atoms with Crippen molar-refractivity contribution in [2.75, 3.05) is 7.11 Å². The molecule has 0 aliphatic heterocycles. The fraction of sp³-hybridized carbons (Fsp3) is 0.235. The van der Waals surface area contributed by atoms with Gasteiger partial charge in [-0.2, -0.15) is 0 Å². The Hall–Kier alpha value is -2.40. The summed E-state index contributed by atoms with van der Waals surface area (Å²) >= 11 is 6.08. The Balaban J connectivity index is 2.65. The van der Waals surface area contributed by atoms with E-state index in [1.165, 1.54) is 18.2 Å². The average molecular weight is 334 g/mol. The number of methoxy groups -OCH3 is 1. The number of rotatable bonds is 4. The zero-order valence-corrected chi connectivity index (χ0v) is 14.0. The molecule has 0 spiro atoms. The number of nitro groups is 1. The lowest BCUT2D eigenvalue weighted by Crippen LogP contribution is -2.09. The highest BCUT2D eigenvalue weighted by Gasteiger charge is 2.22. The maximum atomic E-state index is 12.9. The van der Waals surface area contributed by atoms with E-state index in [2.05, 4.69) is 0 Å². The lowest BCUT2D eigenvalue weighted by Gasteiger charge is -2.15. The third-order valence-corrected chi connectivity index (χ3v) is 4.23. The molecule has 0 aliphatic carbocycles. The van der Waals surface area contributed by atoms with Gasteiger partial charge in [0.2, 0.25) is 0 Å². The van der Waals surface area contributed by atoms with E-state index in [1.54, 1.807) is 20.1 Å². The first kappa shape index (κ1) is 17.0. The second kappa shape index (κ2) is 6.38. The smallest absolute Gasteiger partial charge is 0.270 e. The minimum atomic E-state index is -0.550. The number of ketones is 1. The molecule has 0 amide bonds. The summed E-state index contributed by atoms with van der Waals surface area (Å²) in [7, 11) is 1.57.